The van der Waals surface area contributed by atoms with Crippen LogP contribution in [0.1, 0.15) is 36.2 Å². The topological polar surface area (TPSA) is 66.4 Å². The second kappa shape index (κ2) is 5.48. The molecule has 0 saturated carbocycles. The van der Waals surface area contributed by atoms with E-state index in [4.69, 9.17) is 5.11 Å². The second-order valence-corrected chi connectivity index (χ2v) is 4.45. The monoisotopic (exact) mass is 235 g/mol. The van der Waals surface area contributed by atoms with E-state index in [-0.39, 0.29) is 17.4 Å². The van der Waals surface area contributed by atoms with Gasteiger partial charge < -0.3 is 10.4 Å². The maximum absolute atomic E-state index is 11.6. The van der Waals surface area contributed by atoms with Gasteiger partial charge >= 0.3 is 5.97 Å². The highest BCUT2D eigenvalue weighted by Crippen LogP contribution is 2.20. The van der Waals surface area contributed by atoms with Crippen molar-refractivity contribution in [2.24, 2.45) is 5.92 Å². The lowest BCUT2D eigenvalue weighted by Gasteiger charge is -2.11. The summed E-state index contributed by atoms with van der Waals surface area (Å²) in [6.07, 6.45) is 0.382. The molecule has 0 radical (unpaired) electrons. The predicted molar refractivity (Wildman–Crippen MR) is 66.2 cm³/mol. The molecule has 0 aliphatic carbocycles. The number of hydrogen-bond donors (Lipinski definition) is 2. The van der Waals surface area contributed by atoms with Crippen molar-refractivity contribution >= 4 is 17.6 Å². The summed E-state index contributed by atoms with van der Waals surface area (Å²) in [6.45, 7) is 5.59. The number of rotatable bonds is 4. The Balaban J connectivity index is 2.95. The van der Waals surface area contributed by atoms with Gasteiger partial charge in [-0.1, -0.05) is 26.0 Å². The number of carboxylic acid groups (broad SMARTS) is 1. The summed E-state index contributed by atoms with van der Waals surface area (Å²) in [4.78, 5) is 22.7. The molecule has 0 aliphatic rings. The summed E-state index contributed by atoms with van der Waals surface area (Å²) in [6, 6.07) is 5.04. The van der Waals surface area contributed by atoms with Gasteiger partial charge in [0, 0.05) is 6.42 Å². The fourth-order valence-electron chi connectivity index (χ4n) is 1.63. The number of carbonyl (C=O) groups excluding carboxylic acids is 1. The second-order valence-electron chi connectivity index (χ2n) is 4.45. The number of hydrogen-bond acceptors (Lipinski definition) is 2. The van der Waals surface area contributed by atoms with Crippen molar-refractivity contribution in [3.05, 3.63) is 29.3 Å². The molecule has 0 saturated heterocycles. The zero-order valence-corrected chi connectivity index (χ0v) is 10.3. The molecular weight excluding hydrogens is 218 g/mol. The third-order valence-electron chi connectivity index (χ3n) is 2.35. The van der Waals surface area contributed by atoms with E-state index in [1.54, 1.807) is 25.1 Å². The zero-order valence-electron chi connectivity index (χ0n) is 10.3. The summed E-state index contributed by atoms with van der Waals surface area (Å²) in [7, 11) is 0. The molecule has 0 bridgehead atoms. The highest BCUT2D eigenvalue weighted by Gasteiger charge is 2.15. The molecule has 0 heterocycles. The molecule has 1 aromatic rings. The molecular formula is C13H17NO3. The van der Waals surface area contributed by atoms with Gasteiger partial charge in [0.1, 0.15) is 0 Å². The Morgan fingerprint density at radius 1 is 1.35 bits per heavy atom. The van der Waals surface area contributed by atoms with Gasteiger partial charge in [0.2, 0.25) is 5.91 Å². The lowest BCUT2D eigenvalue weighted by atomic mass is 10.1. The average Bonchev–Trinajstić information content (AvgIpc) is 2.15. The molecule has 0 aliphatic heterocycles. The van der Waals surface area contributed by atoms with Crippen molar-refractivity contribution < 1.29 is 14.7 Å². The molecule has 92 valence electrons. The van der Waals surface area contributed by atoms with Gasteiger partial charge in [-0.3, -0.25) is 4.79 Å². The standard InChI is InChI=1S/C13H17NO3/c1-8(2)7-11(15)14-10-6-4-5-9(3)12(10)13(16)17/h4-6,8H,7H2,1-3H3,(H,14,15)(H,16,17). The fraction of sp³-hybridized carbons (Fsp3) is 0.385. The predicted octanol–water partition coefficient (Wildman–Crippen LogP) is 2.68. The van der Waals surface area contributed by atoms with Crippen LogP contribution in [0.4, 0.5) is 5.69 Å². The number of anilines is 1. The van der Waals surface area contributed by atoms with E-state index < -0.39 is 5.97 Å². The van der Waals surface area contributed by atoms with Crippen molar-refractivity contribution in [1.29, 1.82) is 0 Å². The van der Waals surface area contributed by atoms with Crippen LogP contribution >= 0.6 is 0 Å². The first kappa shape index (κ1) is 13.2. The molecule has 4 nitrogen and oxygen atoms in total. The molecule has 17 heavy (non-hydrogen) atoms. The number of aromatic carboxylic acids is 1. The number of carboxylic acids is 1. The van der Waals surface area contributed by atoms with Gasteiger partial charge in [-0.05, 0) is 24.5 Å². The summed E-state index contributed by atoms with van der Waals surface area (Å²) in [5.41, 5.74) is 1.16. The van der Waals surface area contributed by atoms with Gasteiger partial charge in [0.15, 0.2) is 0 Å². The molecule has 1 amide bonds. The Kier molecular flexibility index (Phi) is 4.26. The minimum atomic E-state index is -1.03. The van der Waals surface area contributed by atoms with Crippen molar-refractivity contribution in [1.82, 2.24) is 0 Å². The summed E-state index contributed by atoms with van der Waals surface area (Å²) in [5.74, 6) is -0.941. The highest BCUT2D eigenvalue weighted by atomic mass is 16.4. The summed E-state index contributed by atoms with van der Waals surface area (Å²) >= 11 is 0. The maximum Gasteiger partial charge on any atom is 0.338 e. The minimum absolute atomic E-state index is 0.157. The zero-order chi connectivity index (χ0) is 13.0. The average molecular weight is 235 g/mol. The van der Waals surface area contributed by atoms with Crippen molar-refractivity contribution in [2.45, 2.75) is 27.2 Å². The van der Waals surface area contributed by atoms with Crippen LogP contribution in [-0.4, -0.2) is 17.0 Å². The van der Waals surface area contributed by atoms with Gasteiger partial charge in [0.25, 0.3) is 0 Å². The number of aryl methyl sites for hydroxylation is 1. The highest BCUT2D eigenvalue weighted by molar-refractivity contribution is 6.01. The van der Waals surface area contributed by atoms with Crippen LogP contribution in [0, 0.1) is 12.8 Å². The van der Waals surface area contributed by atoms with Crippen LogP contribution in [0.3, 0.4) is 0 Å². The van der Waals surface area contributed by atoms with E-state index in [0.29, 0.717) is 17.7 Å². The van der Waals surface area contributed by atoms with Crippen LogP contribution in [0.25, 0.3) is 0 Å². The third-order valence-corrected chi connectivity index (χ3v) is 2.35. The largest absolute Gasteiger partial charge is 0.478 e. The van der Waals surface area contributed by atoms with Gasteiger partial charge in [-0.15, -0.1) is 0 Å². The van der Waals surface area contributed by atoms with E-state index >= 15 is 0 Å². The first-order valence-corrected chi connectivity index (χ1v) is 5.54. The van der Waals surface area contributed by atoms with E-state index in [1.807, 2.05) is 13.8 Å². The number of carbonyl (C=O) groups is 2. The van der Waals surface area contributed by atoms with Crippen LogP contribution in [0.5, 0.6) is 0 Å². The Morgan fingerprint density at radius 3 is 2.53 bits per heavy atom. The van der Waals surface area contributed by atoms with Crippen LogP contribution in [-0.2, 0) is 4.79 Å². The molecule has 0 aromatic heterocycles. The fourth-order valence-corrected chi connectivity index (χ4v) is 1.63. The van der Waals surface area contributed by atoms with Crippen molar-refractivity contribution in [2.75, 3.05) is 5.32 Å². The molecule has 1 rings (SSSR count). The Morgan fingerprint density at radius 2 is 2.00 bits per heavy atom. The Bertz CT molecular complexity index is 438. The lowest BCUT2D eigenvalue weighted by molar-refractivity contribution is -0.116. The number of amides is 1. The Labute approximate surface area is 101 Å². The van der Waals surface area contributed by atoms with E-state index in [9.17, 15) is 9.59 Å². The molecule has 0 atom stereocenters. The van der Waals surface area contributed by atoms with Crippen LogP contribution in [0.2, 0.25) is 0 Å². The SMILES string of the molecule is Cc1cccc(NC(=O)CC(C)C)c1C(=O)O. The first-order valence-electron chi connectivity index (χ1n) is 5.54. The molecule has 2 N–H and O–H groups in total. The van der Waals surface area contributed by atoms with Gasteiger partial charge in [-0.2, -0.15) is 0 Å². The van der Waals surface area contributed by atoms with E-state index in [1.165, 1.54) is 0 Å². The normalized spacial score (nSPS) is 10.4. The smallest absolute Gasteiger partial charge is 0.338 e. The molecule has 0 unspecified atom stereocenters. The number of nitrogens with one attached hydrogen (secondary N) is 1. The first-order chi connectivity index (χ1) is 7.91. The summed E-state index contributed by atoms with van der Waals surface area (Å²) in [5, 5.41) is 11.7. The van der Waals surface area contributed by atoms with Crippen LogP contribution in [0.15, 0.2) is 18.2 Å². The Hall–Kier alpha value is -1.84. The molecule has 0 spiro atoms. The van der Waals surface area contributed by atoms with E-state index in [0.717, 1.165) is 0 Å². The van der Waals surface area contributed by atoms with Crippen LogP contribution < -0.4 is 5.32 Å². The summed E-state index contributed by atoms with van der Waals surface area (Å²) < 4.78 is 0. The quantitative estimate of drug-likeness (QED) is 0.843. The maximum atomic E-state index is 11.6. The van der Waals surface area contributed by atoms with E-state index in [2.05, 4.69) is 5.32 Å². The van der Waals surface area contributed by atoms with Gasteiger partial charge in [-0.25, -0.2) is 4.79 Å². The van der Waals surface area contributed by atoms with Gasteiger partial charge in [0.05, 0.1) is 11.3 Å². The third kappa shape index (κ3) is 3.59. The lowest BCUT2D eigenvalue weighted by Crippen LogP contribution is -2.16. The minimum Gasteiger partial charge on any atom is -0.478 e. The number of benzene rings is 1. The molecule has 1 aromatic carbocycles. The molecule has 4 heteroatoms. The molecule has 0 fully saturated rings. The van der Waals surface area contributed by atoms with Crippen molar-refractivity contribution in [3.63, 3.8) is 0 Å². The van der Waals surface area contributed by atoms with Crippen molar-refractivity contribution in [3.8, 4) is 0 Å².